The van der Waals surface area contributed by atoms with Gasteiger partial charge in [0.2, 0.25) is 0 Å². The second kappa shape index (κ2) is 6.36. The number of nitrogens with zero attached hydrogens (tertiary/aromatic N) is 1. The Labute approximate surface area is 121 Å². The van der Waals surface area contributed by atoms with Crippen LogP contribution in [0, 0.1) is 0 Å². The Hall–Kier alpha value is -0.410. The van der Waals surface area contributed by atoms with E-state index in [0.717, 1.165) is 32.4 Å². The van der Waals surface area contributed by atoms with E-state index in [4.69, 9.17) is 4.42 Å². The second-order valence-electron chi connectivity index (χ2n) is 4.52. The molecule has 19 heavy (non-hydrogen) atoms. The van der Waals surface area contributed by atoms with Gasteiger partial charge in [0.15, 0.2) is 4.67 Å². The SMILES string of the molecule is CNCc1cc(S(=O)(=O)NN2CCCCC2)c(Br)o1. The second-order valence-corrected chi connectivity index (χ2v) is 6.87. The van der Waals surface area contributed by atoms with Gasteiger partial charge >= 0.3 is 0 Å². The molecule has 2 N–H and O–H groups in total. The normalized spacial score (nSPS) is 17.8. The van der Waals surface area contributed by atoms with E-state index in [1.807, 2.05) is 0 Å². The molecule has 1 aromatic heterocycles. The van der Waals surface area contributed by atoms with Crippen molar-refractivity contribution in [1.29, 1.82) is 0 Å². The first-order valence-corrected chi connectivity index (χ1v) is 8.51. The molecule has 6 nitrogen and oxygen atoms in total. The maximum Gasteiger partial charge on any atom is 0.257 e. The highest BCUT2D eigenvalue weighted by Gasteiger charge is 2.25. The monoisotopic (exact) mass is 351 g/mol. The van der Waals surface area contributed by atoms with Crippen molar-refractivity contribution >= 4 is 26.0 Å². The van der Waals surface area contributed by atoms with E-state index in [1.54, 1.807) is 12.1 Å². The number of nitrogens with one attached hydrogen (secondary N) is 2. The van der Waals surface area contributed by atoms with Crippen LogP contribution in [-0.4, -0.2) is 33.6 Å². The fourth-order valence-corrected chi connectivity index (χ4v) is 4.17. The predicted molar refractivity (Wildman–Crippen MR) is 74.9 cm³/mol. The smallest absolute Gasteiger partial charge is 0.257 e. The van der Waals surface area contributed by atoms with Gasteiger partial charge in [-0.2, -0.15) is 0 Å². The van der Waals surface area contributed by atoms with Gasteiger partial charge in [0.1, 0.15) is 10.7 Å². The molecule has 0 bridgehead atoms. The minimum absolute atomic E-state index is 0.142. The van der Waals surface area contributed by atoms with Crippen molar-refractivity contribution in [1.82, 2.24) is 15.2 Å². The first-order valence-electron chi connectivity index (χ1n) is 6.23. The van der Waals surface area contributed by atoms with Crippen LogP contribution in [0.15, 0.2) is 20.0 Å². The van der Waals surface area contributed by atoms with E-state index in [0.29, 0.717) is 12.3 Å². The molecule has 2 heterocycles. The highest BCUT2D eigenvalue weighted by Crippen LogP contribution is 2.26. The van der Waals surface area contributed by atoms with Crippen molar-refractivity contribution in [3.63, 3.8) is 0 Å². The minimum atomic E-state index is -3.58. The Morgan fingerprint density at radius 2 is 2.05 bits per heavy atom. The summed E-state index contributed by atoms with van der Waals surface area (Å²) < 4.78 is 30.1. The molecule has 2 rings (SSSR count). The summed E-state index contributed by atoms with van der Waals surface area (Å²) in [4.78, 5) is 2.74. The number of sulfonamides is 1. The van der Waals surface area contributed by atoms with Crippen LogP contribution in [0.3, 0.4) is 0 Å². The molecular formula is C11H18BrN3O3S. The van der Waals surface area contributed by atoms with Crippen molar-refractivity contribution in [2.75, 3.05) is 20.1 Å². The van der Waals surface area contributed by atoms with E-state index in [-0.39, 0.29) is 9.56 Å². The van der Waals surface area contributed by atoms with Crippen molar-refractivity contribution in [2.24, 2.45) is 0 Å². The average molecular weight is 352 g/mol. The summed E-state index contributed by atoms with van der Waals surface area (Å²) in [5.74, 6) is 0.577. The van der Waals surface area contributed by atoms with E-state index in [9.17, 15) is 8.42 Å². The topological polar surface area (TPSA) is 74.6 Å². The predicted octanol–water partition coefficient (Wildman–Crippen LogP) is 1.44. The lowest BCUT2D eigenvalue weighted by atomic mass is 10.2. The van der Waals surface area contributed by atoms with Gasteiger partial charge in [-0.1, -0.05) is 6.42 Å². The summed E-state index contributed by atoms with van der Waals surface area (Å²) in [6.45, 7) is 1.98. The molecule has 0 aromatic carbocycles. The number of rotatable bonds is 5. The molecule has 1 fully saturated rings. The largest absolute Gasteiger partial charge is 0.452 e. The van der Waals surface area contributed by atoms with Crippen molar-refractivity contribution < 1.29 is 12.8 Å². The van der Waals surface area contributed by atoms with E-state index >= 15 is 0 Å². The lowest BCUT2D eigenvalue weighted by Crippen LogP contribution is -2.44. The summed E-state index contributed by atoms with van der Waals surface area (Å²) in [5, 5.41) is 4.66. The Morgan fingerprint density at radius 3 is 2.68 bits per heavy atom. The molecule has 0 unspecified atom stereocenters. The third-order valence-electron chi connectivity index (χ3n) is 2.95. The fourth-order valence-electron chi connectivity index (χ4n) is 2.05. The Balaban J connectivity index is 2.14. The lowest BCUT2D eigenvalue weighted by molar-refractivity contribution is 0.200. The zero-order valence-corrected chi connectivity index (χ0v) is 13.2. The molecule has 0 aliphatic carbocycles. The van der Waals surface area contributed by atoms with Crippen molar-refractivity contribution in [3.05, 3.63) is 16.5 Å². The molecule has 1 aliphatic heterocycles. The third kappa shape index (κ3) is 3.79. The summed E-state index contributed by atoms with van der Waals surface area (Å²) in [6, 6.07) is 1.53. The summed E-state index contributed by atoms with van der Waals surface area (Å²) in [7, 11) is -1.81. The average Bonchev–Trinajstić information content (AvgIpc) is 2.72. The summed E-state index contributed by atoms with van der Waals surface area (Å²) in [5.41, 5.74) is 0. The number of hydrogen-bond acceptors (Lipinski definition) is 5. The third-order valence-corrected chi connectivity index (χ3v) is 5.18. The Kier molecular flexibility index (Phi) is 5.02. The van der Waals surface area contributed by atoms with E-state index < -0.39 is 10.0 Å². The first-order chi connectivity index (χ1) is 9.03. The van der Waals surface area contributed by atoms with Crippen molar-refractivity contribution in [3.8, 4) is 0 Å². The molecular weight excluding hydrogens is 334 g/mol. The number of halogens is 1. The quantitative estimate of drug-likeness (QED) is 0.839. The highest BCUT2D eigenvalue weighted by molar-refractivity contribution is 9.10. The zero-order valence-electron chi connectivity index (χ0n) is 10.8. The van der Waals surface area contributed by atoms with Crippen LogP contribution in [0.2, 0.25) is 0 Å². The standard InChI is InChI=1S/C11H18BrN3O3S/c1-13-8-9-7-10(11(12)18-9)19(16,17)14-15-5-3-2-4-6-15/h7,13-14H,2-6,8H2,1H3. The molecule has 0 spiro atoms. The molecule has 0 radical (unpaired) electrons. The summed E-state index contributed by atoms with van der Waals surface area (Å²) >= 11 is 3.16. The molecule has 1 saturated heterocycles. The van der Waals surface area contributed by atoms with Crippen LogP contribution in [0.5, 0.6) is 0 Å². The fraction of sp³-hybridized carbons (Fsp3) is 0.636. The molecule has 1 aliphatic rings. The minimum Gasteiger partial charge on any atom is -0.452 e. The lowest BCUT2D eigenvalue weighted by Gasteiger charge is -2.26. The zero-order chi connectivity index (χ0) is 13.9. The molecule has 8 heteroatoms. The van der Waals surface area contributed by atoms with E-state index in [1.165, 1.54) is 6.07 Å². The molecule has 0 amide bonds. The van der Waals surface area contributed by atoms with Gasteiger partial charge in [-0.15, -0.1) is 4.83 Å². The van der Waals surface area contributed by atoms with Crippen molar-refractivity contribution in [2.45, 2.75) is 30.7 Å². The van der Waals surface area contributed by atoms with Gasteiger partial charge in [-0.05, 0) is 35.8 Å². The van der Waals surface area contributed by atoms with Gasteiger partial charge in [0.25, 0.3) is 10.0 Å². The number of piperidine rings is 1. The van der Waals surface area contributed by atoms with Gasteiger partial charge in [0, 0.05) is 19.2 Å². The maximum atomic E-state index is 12.3. The van der Waals surface area contributed by atoms with Crippen LogP contribution in [-0.2, 0) is 16.6 Å². The van der Waals surface area contributed by atoms with Crippen LogP contribution in [0.4, 0.5) is 0 Å². The number of hydrogen-bond donors (Lipinski definition) is 2. The number of hydrazine groups is 1. The van der Waals surface area contributed by atoms with Crippen LogP contribution in [0.1, 0.15) is 25.0 Å². The maximum absolute atomic E-state index is 12.3. The molecule has 1 aromatic rings. The molecule has 108 valence electrons. The first kappa shape index (κ1) is 15.0. The van der Waals surface area contributed by atoms with Gasteiger partial charge in [-0.25, -0.2) is 13.4 Å². The van der Waals surface area contributed by atoms with Crippen LogP contribution in [0.25, 0.3) is 0 Å². The molecule has 0 saturated carbocycles. The van der Waals surface area contributed by atoms with Gasteiger partial charge < -0.3 is 9.73 Å². The van der Waals surface area contributed by atoms with Gasteiger partial charge in [-0.3, -0.25) is 0 Å². The Bertz CT molecular complexity index is 523. The highest BCUT2D eigenvalue weighted by atomic mass is 79.9. The molecule has 0 atom stereocenters. The van der Waals surface area contributed by atoms with E-state index in [2.05, 4.69) is 26.1 Å². The van der Waals surface area contributed by atoms with Gasteiger partial charge in [0.05, 0.1) is 6.54 Å². The Morgan fingerprint density at radius 1 is 1.37 bits per heavy atom. The van der Waals surface area contributed by atoms with Crippen LogP contribution < -0.4 is 10.1 Å². The summed E-state index contributed by atoms with van der Waals surface area (Å²) in [6.07, 6.45) is 3.18. The van der Waals surface area contributed by atoms with Crippen LogP contribution >= 0.6 is 15.9 Å². The number of furan rings is 1.